The van der Waals surface area contributed by atoms with Crippen molar-refractivity contribution in [2.45, 2.75) is 62.2 Å². The van der Waals surface area contributed by atoms with Gasteiger partial charge in [-0.15, -0.1) is 0 Å². The number of rotatable bonds is 4. The van der Waals surface area contributed by atoms with Crippen molar-refractivity contribution in [3.05, 3.63) is 23.8 Å². The van der Waals surface area contributed by atoms with Crippen LogP contribution in [0.1, 0.15) is 45.1 Å². The van der Waals surface area contributed by atoms with Crippen molar-refractivity contribution in [1.82, 2.24) is 9.62 Å². The lowest BCUT2D eigenvalue weighted by atomic mass is 10.0. The Morgan fingerprint density at radius 1 is 1.37 bits per heavy atom. The lowest BCUT2D eigenvalue weighted by Crippen LogP contribution is -2.49. The number of nitrogens with one attached hydrogen (secondary N) is 1. The molecule has 1 saturated carbocycles. The molecule has 30 heavy (non-hydrogen) atoms. The Hall–Kier alpha value is -1.63. The monoisotopic (exact) mass is 436 g/mol. The van der Waals surface area contributed by atoms with Gasteiger partial charge in [-0.05, 0) is 57.9 Å². The zero-order chi connectivity index (χ0) is 21.9. The molecule has 7 nitrogen and oxygen atoms in total. The summed E-state index contributed by atoms with van der Waals surface area (Å²) in [4.78, 5) is 0.0703. The quantitative estimate of drug-likeness (QED) is 0.616. The molecular formula is C22H32N2O5S. The normalized spacial score (nSPS) is 26.4. The number of fused-ring (bicyclic) bond motifs is 1. The van der Waals surface area contributed by atoms with Gasteiger partial charge in [-0.3, -0.25) is 0 Å². The van der Waals surface area contributed by atoms with Crippen molar-refractivity contribution in [2.24, 2.45) is 5.92 Å². The number of benzene rings is 1. The standard InChI is InChI=1S/C22H32N2O5S/c1-16-14-24(17(2)15-25)30(27,28)21-7-6-18(8-11-22(26)9-4-5-10-22)12-19(21)29-20(16)13-23-3/h6-7,12,16-17,20,23,25-26H,4-5,9-10,13-15H2,1-3H3/t16-,17-,20-/m1/s1. The molecule has 0 unspecified atom stereocenters. The molecular weight excluding hydrogens is 404 g/mol. The van der Waals surface area contributed by atoms with Crippen LogP contribution in [0.2, 0.25) is 0 Å². The molecule has 3 rings (SSSR count). The first-order valence-corrected chi connectivity index (χ1v) is 12.0. The van der Waals surface area contributed by atoms with E-state index in [1.165, 1.54) is 10.4 Å². The van der Waals surface area contributed by atoms with E-state index in [2.05, 4.69) is 17.2 Å². The summed E-state index contributed by atoms with van der Waals surface area (Å²) in [6, 6.07) is 4.25. The van der Waals surface area contributed by atoms with E-state index in [4.69, 9.17) is 4.74 Å². The Bertz CT molecular complexity index is 915. The molecule has 1 fully saturated rings. The molecule has 3 N–H and O–H groups in total. The molecule has 1 heterocycles. The van der Waals surface area contributed by atoms with Gasteiger partial charge < -0.3 is 20.3 Å². The zero-order valence-electron chi connectivity index (χ0n) is 17.9. The van der Waals surface area contributed by atoms with E-state index in [-0.39, 0.29) is 35.8 Å². The lowest BCUT2D eigenvalue weighted by molar-refractivity contribution is 0.103. The predicted molar refractivity (Wildman–Crippen MR) is 115 cm³/mol. The van der Waals surface area contributed by atoms with Crippen LogP contribution in [0.15, 0.2) is 23.1 Å². The zero-order valence-corrected chi connectivity index (χ0v) is 18.7. The number of aliphatic hydroxyl groups is 2. The van der Waals surface area contributed by atoms with Gasteiger partial charge in [-0.2, -0.15) is 4.31 Å². The number of hydrogen-bond donors (Lipinski definition) is 3. The van der Waals surface area contributed by atoms with Crippen LogP contribution in [0.5, 0.6) is 5.75 Å². The van der Waals surface area contributed by atoms with Crippen LogP contribution in [0.3, 0.4) is 0 Å². The first-order valence-electron chi connectivity index (χ1n) is 10.5. The molecule has 1 aliphatic heterocycles. The predicted octanol–water partition coefficient (Wildman–Crippen LogP) is 1.33. The molecule has 8 heteroatoms. The molecule has 3 atom stereocenters. The maximum atomic E-state index is 13.4. The Balaban J connectivity index is 2.05. The van der Waals surface area contributed by atoms with E-state index in [1.54, 1.807) is 19.1 Å². The number of sulfonamides is 1. The van der Waals surface area contributed by atoms with Gasteiger partial charge in [0.15, 0.2) is 0 Å². The van der Waals surface area contributed by atoms with Crippen molar-refractivity contribution >= 4 is 10.0 Å². The van der Waals surface area contributed by atoms with Gasteiger partial charge in [-0.1, -0.05) is 18.8 Å². The lowest BCUT2D eigenvalue weighted by Gasteiger charge is -2.36. The fraction of sp³-hybridized carbons (Fsp3) is 0.636. The van der Waals surface area contributed by atoms with Gasteiger partial charge >= 0.3 is 0 Å². The van der Waals surface area contributed by atoms with Gasteiger partial charge in [0.1, 0.15) is 22.4 Å². The molecule has 0 bridgehead atoms. The van der Waals surface area contributed by atoms with Crippen molar-refractivity contribution in [3.8, 4) is 17.6 Å². The highest BCUT2D eigenvalue weighted by Crippen LogP contribution is 2.34. The highest BCUT2D eigenvalue weighted by molar-refractivity contribution is 7.89. The van der Waals surface area contributed by atoms with E-state index in [0.717, 1.165) is 12.8 Å². The largest absolute Gasteiger partial charge is 0.487 e. The molecule has 2 aliphatic rings. The third kappa shape index (κ3) is 4.82. The van der Waals surface area contributed by atoms with Crippen LogP contribution in [-0.2, 0) is 10.0 Å². The van der Waals surface area contributed by atoms with Gasteiger partial charge in [0, 0.05) is 30.6 Å². The van der Waals surface area contributed by atoms with Gasteiger partial charge in [-0.25, -0.2) is 8.42 Å². The summed E-state index contributed by atoms with van der Waals surface area (Å²) in [6.07, 6.45) is 2.98. The van der Waals surface area contributed by atoms with Gasteiger partial charge in [0.2, 0.25) is 10.0 Å². The van der Waals surface area contributed by atoms with Crippen LogP contribution in [0.25, 0.3) is 0 Å². The van der Waals surface area contributed by atoms with Crippen molar-refractivity contribution in [2.75, 3.05) is 26.7 Å². The molecule has 166 valence electrons. The molecule has 1 aromatic carbocycles. The van der Waals surface area contributed by atoms with E-state index in [0.29, 0.717) is 24.9 Å². The number of hydrogen-bond acceptors (Lipinski definition) is 6. The second-order valence-corrected chi connectivity index (χ2v) is 10.3. The van der Waals surface area contributed by atoms with E-state index in [9.17, 15) is 18.6 Å². The second kappa shape index (κ2) is 9.25. The Kier molecular flexibility index (Phi) is 7.10. The highest BCUT2D eigenvalue weighted by Gasteiger charge is 2.37. The smallest absolute Gasteiger partial charge is 0.247 e. The summed E-state index contributed by atoms with van der Waals surface area (Å²) in [5.74, 6) is 6.11. The van der Waals surface area contributed by atoms with E-state index < -0.39 is 21.7 Å². The number of nitrogens with zero attached hydrogens (tertiary/aromatic N) is 1. The summed E-state index contributed by atoms with van der Waals surface area (Å²) < 4.78 is 34.2. The summed E-state index contributed by atoms with van der Waals surface area (Å²) >= 11 is 0. The fourth-order valence-corrected chi connectivity index (χ4v) is 5.85. The maximum absolute atomic E-state index is 13.4. The number of ether oxygens (including phenoxy) is 1. The van der Waals surface area contributed by atoms with Crippen LogP contribution in [-0.4, -0.2) is 67.4 Å². The van der Waals surface area contributed by atoms with Crippen molar-refractivity contribution in [1.29, 1.82) is 0 Å². The third-order valence-corrected chi connectivity index (χ3v) is 7.96. The number of aliphatic hydroxyl groups excluding tert-OH is 1. The number of likely N-dealkylation sites (N-methyl/N-ethyl adjacent to an activating group) is 1. The molecule has 1 aliphatic carbocycles. The molecule has 0 amide bonds. The third-order valence-electron chi connectivity index (χ3n) is 5.94. The van der Waals surface area contributed by atoms with Crippen LogP contribution >= 0.6 is 0 Å². The van der Waals surface area contributed by atoms with Gasteiger partial charge in [0.05, 0.1) is 6.61 Å². The average molecular weight is 437 g/mol. The molecule has 0 radical (unpaired) electrons. The topological polar surface area (TPSA) is 99.1 Å². The maximum Gasteiger partial charge on any atom is 0.247 e. The van der Waals surface area contributed by atoms with Crippen molar-refractivity contribution in [3.63, 3.8) is 0 Å². The van der Waals surface area contributed by atoms with E-state index in [1.807, 2.05) is 14.0 Å². The summed E-state index contributed by atoms with van der Waals surface area (Å²) in [7, 11) is -2.03. The Labute approximate surface area is 179 Å². The minimum Gasteiger partial charge on any atom is -0.487 e. The Morgan fingerprint density at radius 3 is 2.70 bits per heavy atom. The minimum absolute atomic E-state index is 0.0703. The highest BCUT2D eigenvalue weighted by atomic mass is 32.2. The summed E-state index contributed by atoms with van der Waals surface area (Å²) in [6.45, 7) is 4.18. The van der Waals surface area contributed by atoms with Crippen molar-refractivity contribution < 1.29 is 23.4 Å². The first-order chi connectivity index (χ1) is 14.2. The van der Waals surface area contributed by atoms with Crippen LogP contribution < -0.4 is 10.1 Å². The van der Waals surface area contributed by atoms with Crippen LogP contribution in [0.4, 0.5) is 0 Å². The Morgan fingerprint density at radius 2 is 2.07 bits per heavy atom. The first kappa shape index (κ1) is 23.0. The van der Waals surface area contributed by atoms with E-state index >= 15 is 0 Å². The molecule has 1 aromatic rings. The fourth-order valence-electron chi connectivity index (χ4n) is 4.02. The van der Waals surface area contributed by atoms with Crippen LogP contribution in [0, 0.1) is 17.8 Å². The second-order valence-electron chi connectivity index (χ2n) is 8.45. The summed E-state index contributed by atoms with van der Waals surface area (Å²) in [5, 5.41) is 23.2. The summed E-state index contributed by atoms with van der Waals surface area (Å²) in [5.41, 5.74) is -0.365. The average Bonchev–Trinajstić information content (AvgIpc) is 3.15. The SMILES string of the molecule is CNC[C@H]1Oc2cc(C#CC3(O)CCCC3)ccc2S(=O)(=O)N([C@H](C)CO)C[C@H]1C. The molecule has 0 saturated heterocycles. The minimum atomic E-state index is -3.85. The molecule has 0 aromatic heterocycles. The molecule has 0 spiro atoms. The van der Waals surface area contributed by atoms with Gasteiger partial charge in [0.25, 0.3) is 0 Å².